The van der Waals surface area contributed by atoms with Gasteiger partial charge in [-0.3, -0.25) is 0 Å². The molecule has 0 aliphatic carbocycles. The van der Waals surface area contributed by atoms with Crippen LogP contribution in [0.5, 0.6) is 0 Å². The number of hydrogen-bond acceptors (Lipinski definition) is 3. The molecule has 0 spiro atoms. The fourth-order valence-corrected chi connectivity index (χ4v) is 9.58. The molecule has 0 bridgehead atoms. The zero-order valence-corrected chi connectivity index (χ0v) is 29.5. The van der Waals surface area contributed by atoms with Crippen molar-refractivity contribution in [2.24, 2.45) is 0 Å². The van der Waals surface area contributed by atoms with Gasteiger partial charge >= 0.3 is 0 Å². The quantitative estimate of drug-likeness (QED) is 0.180. The van der Waals surface area contributed by atoms with Gasteiger partial charge in [-0.15, -0.1) is 0 Å². The zero-order valence-electron chi connectivity index (χ0n) is 27.1. The highest BCUT2D eigenvalue weighted by atomic mass is 79.9. The van der Waals surface area contributed by atoms with E-state index in [4.69, 9.17) is 4.42 Å². The van der Waals surface area contributed by atoms with E-state index in [9.17, 15) is 8.42 Å². The third kappa shape index (κ3) is 4.33. The molecular formula is C43H26BrFN2O3S. The lowest BCUT2D eigenvalue weighted by atomic mass is 9.98. The van der Waals surface area contributed by atoms with Crippen molar-refractivity contribution in [2.45, 2.75) is 11.8 Å². The minimum atomic E-state index is -4.10. The third-order valence-corrected chi connectivity index (χ3v) is 12.2. The van der Waals surface area contributed by atoms with Gasteiger partial charge in [0, 0.05) is 47.9 Å². The maximum absolute atomic E-state index is 16.2. The van der Waals surface area contributed by atoms with Crippen LogP contribution >= 0.6 is 15.9 Å². The maximum atomic E-state index is 16.2. The molecule has 0 atom stereocenters. The highest BCUT2D eigenvalue weighted by Crippen LogP contribution is 2.45. The number of para-hydroxylation sites is 4. The fraction of sp³-hybridized carbons (Fsp3) is 0.0233. The first-order valence-electron chi connectivity index (χ1n) is 16.5. The van der Waals surface area contributed by atoms with E-state index in [0.29, 0.717) is 38.9 Å². The molecule has 10 rings (SSSR count). The van der Waals surface area contributed by atoms with Crippen molar-refractivity contribution < 1.29 is 17.2 Å². The van der Waals surface area contributed by atoms with Gasteiger partial charge in [-0.2, -0.15) is 0 Å². The molecule has 0 unspecified atom stereocenters. The second-order valence-corrected chi connectivity index (χ2v) is 15.6. The smallest absolute Gasteiger partial charge is 0.268 e. The van der Waals surface area contributed by atoms with Crippen LogP contribution in [0.3, 0.4) is 0 Å². The van der Waals surface area contributed by atoms with Crippen LogP contribution in [0.15, 0.2) is 153 Å². The largest absolute Gasteiger partial charge is 0.456 e. The topological polar surface area (TPSA) is 57.1 Å². The van der Waals surface area contributed by atoms with Crippen LogP contribution in [-0.2, 0) is 10.0 Å². The summed E-state index contributed by atoms with van der Waals surface area (Å²) in [5.74, 6) is -0.356. The van der Waals surface area contributed by atoms with Crippen LogP contribution in [0.4, 0.5) is 4.39 Å². The van der Waals surface area contributed by atoms with Gasteiger partial charge in [-0.25, -0.2) is 16.8 Å². The van der Waals surface area contributed by atoms with Gasteiger partial charge in [0.25, 0.3) is 10.0 Å². The van der Waals surface area contributed by atoms with Crippen LogP contribution in [0.2, 0.25) is 0 Å². The van der Waals surface area contributed by atoms with Crippen molar-refractivity contribution >= 4 is 91.5 Å². The Bertz CT molecular complexity index is 3190. The van der Waals surface area contributed by atoms with E-state index in [-0.39, 0.29) is 10.7 Å². The Kier molecular flexibility index (Phi) is 6.44. The molecule has 0 radical (unpaired) electrons. The first-order chi connectivity index (χ1) is 24.8. The summed E-state index contributed by atoms with van der Waals surface area (Å²) in [4.78, 5) is 0.182. The maximum Gasteiger partial charge on any atom is 0.268 e. The fourth-order valence-electron chi connectivity index (χ4n) is 7.67. The summed E-state index contributed by atoms with van der Waals surface area (Å²) < 4.78 is 56.5. The van der Waals surface area contributed by atoms with Crippen molar-refractivity contribution in [3.05, 3.63) is 155 Å². The van der Waals surface area contributed by atoms with Crippen LogP contribution in [0, 0.1) is 12.7 Å². The molecule has 0 aliphatic rings. The minimum Gasteiger partial charge on any atom is -0.456 e. The highest BCUT2D eigenvalue weighted by molar-refractivity contribution is 9.10. The standard InChI is InChI=1S/C43H26BrFN2O3S/c1-25-16-19-27(20-17-25)51(48,49)47-38-21-18-26(44)22-33(38)31-10-6-11-32(42(31)47)34-24-41-35(29-9-3-5-15-40(29)50-41)23-39(34)46-37-14-4-2-8-28(37)30-12-7-13-36(45)43(30)46/h2-24H,1H3. The number of furan rings is 1. The average molecular weight is 750 g/mol. The molecule has 3 aromatic heterocycles. The Labute approximate surface area is 299 Å². The summed E-state index contributed by atoms with van der Waals surface area (Å²) in [6, 6.07) is 43.3. The number of halogens is 2. The lowest BCUT2D eigenvalue weighted by molar-refractivity contribution is 0.590. The van der Waals surface area contributed by atoms with Crippen LogP contribution < -0.4 is 0 Å². The van der Waals surface area contributed by atoms with Crippen molar-refractivity contribution in [3.63, 3.8) is 0 Å². The Balaban J connectivity index is 1.41. The van der Waals surface area contributed by atoms with E-state index >= 15 is 4.39 Å². The molecule has 246 valence electrons. The van der Waals surface area contributed by atoms with Crippen LogP contribution in [-0.4, -0.2) is 17.0 Å². The van der Waals surface area contributed by atoms with Gasteiger partial charge in [0.1, 0.15) is 17.0 Å². The Morgan fingerprint density at radius 2 is 1.29 bits per heavy atom. The molecule has 3 heterocycles. The lowest BCUT2D eigenvalue weighted by Gasteiger charge is -2.17. The number of nitrogens with zero attached hydrogens (tertiary/aromatic N) is 2. The van der Waals surface area contributed by atoms with Crippen molar-refractivity contribution in [3.8, 4) is 16.8 Å². The van der Waals surface area contributed by atoms with Crippen molar-refractivity contribution in [1.82, 2.24) is 8.54 Å². The molecule has 8 heteroatoms. The monoisotopic (exact) mass is 748 g/mol. The molecule has 0 N–H and O–H groups in total. The second-order valence-electron chi connectivity index (χ2n) is 12.9. The van der Waals surface area contributed by atoms with Gasteiger partial charge in [0.05, 0.1) is 32.6 Å². The molecule has 0 saturated carbocycles. The summed E-state index contributed by atoms with van der Waals surface area (Å²) >= 11 is 3.62. The van der Waals surface area contributed by atoms with Crippen LogP contribution in [0.1, 0.15) is 5.56 Å². The van der Waals surface area contributed by atoms with Gasteiger partial charge in [0.15, 0.2) is 0 Å². The SMILES string of the molecule is Cc1ccc(S(=O)(=O)n2c3ccc(Br)cc3c3cccc(-c4cc5oc6ccccc6c5cc4-n4c5ccccc5c5cccc(F)c54)c32)cc1. The molecular weight excluding hydrogens is 723 g/mol. The van der Waals surface area contributed by atoms with Crippen molar-refractivity contribution in [1.29, 1.82) is 0 Å². The number of rotatable bonds is 4. The Morgan fingerprint density at radius 3 is 2.12 bits per heavy atom. The predicted molar refractivity (Wildman–Crippen MR) is 208 cm³/mol. The first kappa shape index (κ1) is 30.2. The van der Waals surface area contributed by atoms with Gasteiger partial charge in [0.2, 0.25) is 0 Å². The lowest BCUT2D eigenvalue weighted by Crippen LogP contribution is -2.13. The molecule has 0 fully saturated rings. The van der Waals surface area contributed by atoms with Gasteiger partial charge in [-0.05, 0) is 67.6 Å². The van der Waals surface area contributed by atoms with Gasteiger partial charge in [-0.1, -0.05) is 100 Å². The third-order valence-electron chi connectivity index (χ3n) is 9.94. The molecule has 5 nitrogen and oxygen atoms in total. The van der Waals surface area contributed by atoms with E-state index in [1.54, 1.807) is 18.2 Å². The Morgan fingerprint density at radius 1 is 0.588 bits per heavy atom. The number of aryl methyl sites for hydroxylation is 1. The predicted octanol–water partition coefficient (Wildman–Crippen LogP) is 11.9. The van der Waals surface area contributed by atoms with E-state index in [1.165, 1.54) is 10.0 Å². The zero-order chi connectivity index (χ0) is 34.6. The van der Waals surface area contributed by atoms with E-state index < -0.39 is 10.0 Å². The summed E-state index contributed by atoms with van der Waals surface area (Å²) in [5.41, 5.74) is 6.72. The summed E-state index contributed by atoms with van der Waals surface area (Å²) in [5, 5.41) is 5.05. The normalized spacial score (nSPS) is 12.4. The summed E-state index contributed by atoms with van der Waals surface area (Å²) in [6.07, 6.45) is 0. The molecule has 0 saturated heterocycles. The van der Waals surface area contributed by atoms with E-state index in [1.807, 2.05) is 127 Å². The Hall–Kier alpha value is -5.70. The number of benzene rings is 7. The summed E-state index contributed by atoms with van der Waals surface area (Å²) in [6.45, 7) is 1.93. The minimum absolute atomic E-state index is 0.182. The summed E-state index contributed by atoms with van der Waals surface area (Å²) in [7, 11) is -4.10. The molecule has 51 heavy (non-hydrogen) atoms. The molecule has 0 aliphatic heterocycles. The highest BCUT2D eigenvalue weighted by Gasteiger charge is 2.28. The second kappa shape index (κ2) is 10.9. The van der Waals surface area contributed by atoms with Gasteiger partial charge < -0.3 is 8.98 Å². The number of hydrogen-bond donors (Lipinski definition) is 0. The number of fused-ring (bicyclic) bond motifs is 9. The number of aromatic nitrogens is 2. The van der Waals surface area contributed by atoms with E-state index in [2.05, 4.69) is 15.9 Å². The molecule has 10 aromatic rings. The molecule has 7 aromatic carbocycles. The van der Waals surface area contributed by atoms with Crippen LogP contribution in [0.25, 0.3) is 82.4 Å². The molecule has 0 amide bonds. The average Bonchev–Trinajstić information content (AvgIpc) is 3.79. The first-order valence-corrected chi connectivity index (χ1v) is 18.7. The van der Waals surface area contributed by atoms with E-state index in [0.717, 1.165) is 53.5 Å². The van der Waals surface area contributed by atoms with Crippen molar-refractivity contribution in [2.75, 3.05) is 0 Å².